The molecule has 0 heterocycles. The molecule has 2 aromatic rings. The topological polar surface area (TPSA) is 12.5 Å². The molecule has 2 aromatic carbocycles. The van der Waals surface area contributed by atoms with Crippen molar-refractivity contribution in [2.75, 3.05) is 32.7 Å². The van der Waals surface area contributed by atoms with Crippen LogP contribution in [0.4, 0.5) is 0 Å². The first-order valence-corrected chi connectivity index (χ1v) is 7.12. The van der Waals surface area contributed by atoms with Gasteiger partial charge in [-0.2, -0.15) is 0 Å². The predicted octanol–water partition coefficient (Wildman–Crippen LogP) is 3.53. The van der Waals surface area contributed by atoms with Crippen LogP contribution in [-0.2, 0) is 11.3 Å². The summed E-state index contributed by atoms with van der Waals surface area (Å²) in [5, 5.41) is 2.61. The van der Waals surface area contributed by atoms with Gasteiger partial charge >= 0.3 is 0 Å². The van der Waals surface area contributed by atoms with Gasteiger partial charge < -0.3 is 4.74 Å². The minimum absolute atomic E-state index is 0.647. The molecule has 102 valence electrons. The molecule has 0 spiro atoms. The number of nitrogens with zero attached hydrogens (tertiary/aromatic N) is 1. The Hall–Kier alpha value is -1.09. The largest absolute Gasteiger partial charge is 0.383 e. The first-order chi connectivity index (χ1) is 9.35. The second kappa shape index (κ2) is 7.49. The lowest BCUT2D eigenvalue weighted by Gasteiger charge is -2.21. The molecule has 0 aliphatic carbocycles. The predicted molar refractivity (Wildman–Crippen MR) is 81.8 cm³/mol. The van der Waals surface area contributed by atoms with Crippen molar-refractivity contribution in [3.05, 3.63) is 48.0 Å². The Morgan fingerprint density at radius 2 is 1.84 bits per heavy atom. The zero-order chi connectivity index (χ0) is 13.5. The highest BCUT2D eigenvalue weighted by Gasteiger charge is 2.07. The highest BCUT2D eigenvalue weighted by atomic mass is 35.5. The van der Waals surface area contributed by atoms with Gasteiger partial charge in [0.15, 0.2) is 0 Å². The van der Waals surface area contributed by atoms with Crippen LogP contribution in [0.3, 0.4) is 0 Å². The Balaban J connectivity index is 2.18. The van der Waals surface area contributed by atoms with E-state index in [1.807, 2.05) is 0 Å². The Kier molecular flexibility index (Phi) is 5.64. The van der Waals surface area contributed by atoms with Crippen LogP contribution in [0.5, 0.6) is 0 Å². The van der Waals surface area contributed by atoms with Crippen LogP contribution in [-0.4, -0.2) is 37.6 Å². The number of alkyl halides is 1. The maximum absolute atomic E-state index is 5.88. The number of rotatable bonds is 7. The second-order valence-electron chi connectivity index (χ2n) is 4.60. The molecule has 19 heavy (non-hydrogen) atoms. The van der Waals surface area contributed by atoms with Crippen molar-refractivity contribution in [1.82, 2.24) is 4.90 Å². The molecule has 0 aliphatic heterocycles. The lowest BCUT2D eigenvalue weighted by Crippen LogP contribution is -2.29. The molecule has 3 heteroatoms. The summed E-state index contributed by atoms with van der Waals surface area (Å²) in [7, 11) is 1.73. The molecule has 0 radical (unpaired) electrons. The van der Waals surface area contributed by atoms with E-state index in [4.69, 9.17) is 16.3 Å². The third kappa shape index (κ3) is 3.93. The van der Waals surface area contributed by atoms with E-state index in [2.05, 4.69) is 47.4 Å². The van der Waals surface area contributed by atoms with Gasteiger partial charge in [-0.25, -0.2) is 0 Å². The second-order valence-corrected chi connectivity index (χ2v) is 4.97. The molecular formula is C16H20ClNO. The average Bonchev–Trinajstić information content (AvgIpc) is 2.45. The van der Waals surface area contributed by atoms with Crippen molar-refractivity contribution < 1.29 is 4.74 Å². The van der Waals surface area contributed by atoms with E-state index < -0.39 is 0 Å². The summed E-state index contributed by atoms with van der Waals surface area (Å²) in [5.74, 6) is 0.647. The molecule has 0 atom stereocenters. The van der Waals surface area contributed by atoms with E-state index in [1.165, 1.54) is 16.3 Å². The van der Waals surface area contributed by atoms with E-state index >= 15 is 0 Å². The first-order valence-electron chi connectivity index (χ1n) is 6.59. The summed E-state index contributed by atoms with van der Waals surface area (Å²) >= 11 is 5.88. The van der Waals surface area contributed by atoms with Gasteiger partial charge in [-0.15, -0.1) is 11.6 Å². The van der Waals surface area contributed by atoms with Gasteiger partial charge in [0.25, 0.3) is 0 Å². The summed E-state index contributed by atoms with van der Waals surface area (Å²) in [4.78, 5) is 2.33. The fourth-order valence-corrected chi connectivity index (χ4v) is 2.52. The number of ether oxygens (including phenoxy) is 1. The normalized spacial score (nSPS) is 11.3. The number of benzene rings is 2. The maximum atomic E-state index is 5.88. The van der Waals surface area contributed by atoms with Gasteiger partial charge in [0.05, 0.1) is 6.61 Å². The minimum atomic E-state index is 0.647. The third-order valence-corrected chi connectivity index (χ3v) is 3.46. The van der Waals surface area contributed by atoms with Gasteiger partial charge in [0.1, 0.15) is 0 Å². The molecule has 0 aliphatic rings. The van der Waals surface area contributed by atoms with Crippen molar-refractivity contribution >= 4 is 22.4 Å². The molecule has 2 nitrogen and oxygen atoms in total. The fourth-order valence-electron chi connectivity index (χ4n) is 2.28. The summed E-state index contributed by atoms with van der Waals surface area (Å²) in [6, 6.07) is 15.0. The van der Waals surface area contributed by atoms with Crippen LogP contribution in [0.2, 0.25) is 0 Å². The van der Waals surface area contributed by atoms with Gasteiger partial charge in [0.2, 0.25) is 0 Å². The van der Waals surface area contributed by atoms with E-state index in [9.17, 15) is 0 Å². The Morgan fingerprint density at radius 1 is 1.05 bits per heavy atom. The fraction of sp³-hybridized carbons (Fsp3) is 0.375. The third-order valence-electron chi connectivity index (χ3n) is 3.29. The molecule has 0 bridgehead atoms. The zero-order valence-corrected chi connectivity index (χ0v) is 12.1. The van der Waals surface area contributed by atoms with E-state index in [1.54, 1.807) is 7.11 Å². The van der Waals surface area contributed by atoms with Crippen LogP contribution in [0.1, 0.15) is 5.56 Å². The van der Waals surface area contributed by atoms with Crippen LogP contribution in [0.25, 0.3) is 10.8 Å². The Labute approximate surface area is 119 Å². The van der Waals surface area contributed by atoms with E-state index in [0.717, 1.165) is 26.2 Å². The maximum Gasteiger partial charge on any atom is 0.0589 e. The van der Waals surface area contributed by atoms with Crippen LogP contribution >= 0.6 is 11.6 Å². The van der Waals surface area contributed by atoms with Gasteiger partial charge in [-0.3, -0.25) is 4.90 Å². The van der Waals surface area contributed by atoms with Crippen molar-refractivity contribution in [3.8, 4) is 0 Å². The summed E-state index contributed by atoms with van der Waals surface area (Å²) in [6.45, 7) is 3.44. The number of methoxy groups -OCH3 is 1. The van der Waals surface area contributed by atoms with E-state index in [0.29, 0.717) is 5.88 Å². The van der Waals surface area contributed by atoms with Crippen molar-refractivity contribution in [2.24, 2.45) is 0 Å². The van der Waals surface area contributed by atoms with Crippen molar-refractivity contribution in [2.45, 2.75) is 6.54 Å². The van der Waals surface area contributed by atoms with Gasteiger partial charge in [-0.05, 0) is 16.3 Å². The monoisotopic (exact) mass is 277 g/mol. The standard InChI is InChI=1S/C16H20ClNO/c1-19-12-11-18(10-9-17)13-15-7-4-6-14-5-2-3-8-16(14)15/h2-8H,9-13H2,1H3. The molecule has 0 fully saturated rings. The minimum Gasteiger partial charge on any atom is -0.383 e. The number of halogens is 1. The Bertz CT molecular complexity index is 510. The molecule has 0 amide bonds. The molecule has 0 saturated carbocycles. The van der Waals surface area contributed by atoms with Gasteiger partial charge in [-0.1, -0.05) is 42.5 Å². The molecular weight excluding hydrogens is 258 g/mol. The zero-order valence-electron chi connectivity index (χ0n) is 11.3. The quantitative estimate of drug-likeness (QED) is 0.718. The van der Waals surface area contributed by atoms with Crippen molar-refractivity contribution in [1.29, 1.82) is 0 Å². The van der Waals surface area contributed by atoms with E-state index in [-0.39, 0.29) is 0 Å². The van der Waals surface area contributed by atoms with Crippen LogP contribution in [0, 0.1) is 0 Å². The van der Waals surface area contributed by atoms with Crippen molar-refractivity contribution in [3.63, 3.8) is 0 Å². The molecule has 0 unspecified atom stereocenters. The summed E-state index contributed by atoms with van der Waals surface area (Å²) in [6.07, 6.45) is 0. The number of hydrogen-bond acceptors (Lipinski definition) is 2. The van der Waals surface area contributed by atoms with Crippen LogP contribution < -0.4 is 0 Å². The molecule has 0 N–H and O–H groups in total. The molecule has 0 saturated heterocycles. The summed E-state index contributed by atoms with van der Waals surface area (Å²) in [5.41, 5.74) is 1.35. The smallest absolute Gasteiger partial charge is 0.0589 e. The highest BCUT2D eigenvalue weighted by molar-refractivity contribution is 6.18. The number of fused-ring (bicyclic) bond motifs is 1. The molecule has 0 aromatic heterocycles. The lowest BCUT2D eigenvalue weighted by atomic mass is 10.0. The lowest BCUT2D eigenvalue weighted by molar-refractivity contribution is 0.148. The SMILES string of the molecule is COCCN(CCCl)Cc1cccc2ccccc12. The highest BCUT2D eigenvalue weighted by Crippen LogP contribution is 2.19. The summed E-state index contributed by atoms with van der Waals surface area (Å²) < 4.78 is 5.16. The first kappa shape index (κ1) is 14.3. The van der Waals surface area contributed by atoms with Crippen LogP contribution in [0.15, 0.2) is 42.5 Å². The molecule has 2 rings (SSSR count). The van der Waals surface area contributed by atoms with Gasteiger partial charge in [0, 0.05) is 32.6 Å². The Morgan fingerprint density at radius 3 is 2.63 bits per heavy atom. The average molecular weight is 278 g/mol. The number of hydrogen-bond donors (Lipinski definition) is 0.